The number of H-pyrrole nitrogens is 1. The average molecular weight is 426 g/mol. The molecule has 1 heterocycles. The maximum absolute atomic E-state index is 13.1. The van der Waals surface area contributed by atoms with Gasteiger partial charge in [-0.15, -0.1) is 0 Å². The van der Waals surface area contributed by atoms with Crippen LogP contribution in [0.1, 0.15) is 16.1 Å². The molecule has 2 aromatic carbocycles. The molecule has 0 spiro atoms. The van der Waals surface area contributed by atoms with Gasteiger partial charge in [-0.2, -0.15) is 15.4 Å². The fraction of sp³-hybridized carbons (Fsp3) is 0.0625. The van der Waals surface area contributed by atoms with Gasteiger partial charge in [0.15, 0.2) is 5.69 Å². The van der Waals surface area contributed by atoms with Crippen molar-refractivity contribution in [1.82, 2.24) is 15.4 Å². The number of carbonyl (C=O) groups is 1. The van der Waals surface area contributed by atoms with Crippen LogP contribution in [0.3, 0.4) is 0 Å². The van der Waals surface area contributed by atoms with E-state index in [1.165, 1.54) is 12.1 Å². The molecule has 1 aromatic heterocycles. The topological polar surface area (TPSA) is 93.9 Å². The molecule has 3 N–H and O–H groups in total. The lowest BCUT2D eigenvalue weighted by molar-refractivity contribution is 0.0996. The summed E-state index contributed by atoms with van der Waals surface area (Å²) < 4.78 is 19.7. The van der Waals surface area contributed by atoms with E-state index in [0.29, 0.717) is 16.9 Å². The molecule has 0 fully saturated rings. The van der Waals surface area contributed by atoms with E-state index in [0.717, 1.165) is 4.47 Å². The van der Waals surface area contributed by atoms with Gasteiger partial charge in [0.1, 0.15) is 23.9 Å². The third-order valence-corrected chi connectivity index (χ3v) is 4.22. The summed E-state index contributed by atoms with van der Waals surface area (Å²) in [5, 5.41) is 10.4. The Labute approximate surface area is 155 Å². The second kappa shape index (κ2) is 7.20. The Balaban J connectivity index is 1.94. The molecule has 9 heteroatoms. The van der Waals surface area contributed by atoms with Crippen LogP contribution in [0.25, 0.3) is 11.3 Å². The third-order valence-electron chi connectivity index (χ3n) is 3.38. The number of hydrogen-bond acceptors (Lipinski definition) is 4. The maximum atomic E-state index is 13.1. The van der Waals surface area contributed by atoms with Gasteiger partial charge in [-0.25, -0.2) is 4.39 Å². The first-order chi connectivity index (χ1) is 12.0. The van der Waals surface area contributed by atoms with E-state index in [-0.39, 0.29) is 23.0 Å². The van der Waals surface area contributed by atoms with Crippen LogP contribution in [0, 0.1) is 5.82 Å². The van der Waals surface area contributed by atoms with Crippen LogP contribution in [0.4, 0.5) is 4.39 Å². The summed E-state index contributed by atoms with van der Waals surface area (Å²) in [6, 6.07) is 9.26. The quantitative estimate of drug-likeness (QED) is 0.652. The Hall–Kier alpha value is -2.45. The van der Waals surface area contributed by atoms with Crippen LogP contribution >= 0.6 is 27.5 Å². The zero-order chi connectivity index (χ0) is 18.0. The average Bonchev–Trinajstić information content (AvgIpc) is 3.04. The Morgan fingerprint density at radius 3 is 2.80 bits per heavy atom. The van der Waals surface area contributed by atoms with Gasteiger partial charge in [-0.05, 0) is 30.3 Å². The van der Waals surface area contributed by atoms with Crippen molar-refractivity contribution in [3.63, 3.8) is 0 Å². The number of benzene rings is 2. The number of rotatable bonds is 5. The number of amides is 1. The minimum atomic E-state index is -0.712. The fourth-order valence-corrected chi connectivity index (χ4v) is 2.78. The molecule has 25 heavy (non-hydrogen) atoms. The van der Waals surface area contributed by atoms with E-state index in [4.69, 9.17) is 22.1 Å². The highest BCUT2D eigenvalue weighted by molar-refractivity contribution is 9.10. The van der Waals surface area contributed by atoms with Gasteiger partial charge in [0.2, 0.25) is 0 Å². The smallest absolute Gasteiger partial charge is 0.271 e. The lowest BCUT2D eigenvalue weighted by atomic mass is 10.1. The molecular weight excluding hydrogens is 415 g/mol. The van der Waals surface area contributed by atoms with Crippen molar-refractivity contribution in [1.29, 1.82) is 0 Å². The molecule has 0 atom stereocenters. The number of ether oxygens (including phenoxy) is 1. The second-order valence-electron chi connectivity index (χ2n) is 5.05. The van der Waals surface area contributed by atoms with Crippen LogP contribution in [0.15, 0.2) is 40.9 Å². The van der Waals surface area contributed by atoms with E-state index in [2.05, 4.69) is 31.3 Å². The summed E-state index contributed by atoms with van der Waals surface area (Å²) in [6.07, 6.45) is 0. The zero-order valence-corrected chi connectivity index (χ0v) is 14.9. The molecule has 0 saturated heterocycles. The van der Waals surface area contributed by atoms with Gasteiger partial charge >= 0.3 is 0 Å². The molecule has 1 amide bonds. The highest BCUT2D eigenvalue weighted by atomic mass is 79.9. The summed E-state index contributed by atoms with van der Waals surface area (Å²) in [4.78, 5) is 11.5. The predicted molar refractivity (Wildman–Crippen MR) is 93.8 cm³/mol. The molecule has 0 saturated carbocycles. The van der Waals surface area contributed by atoms with Gasteiger partial charge < -0.3 is 10.5 Å². The van der Waals surface area contributed by atoms with Crippen molar-refractivity contribution in [2.75, 3.05) is 0 Å². The highest BCUT2D eigenvalue weighted by Crippen LogP contribution is 2.33. The molecule has 0 aliphatic carbocycles. The Kier molecular flexibility index (Phi) is 5.00. The van der Waals surface area contributed by atoms with Gasteiger partial charge in [0.05, 0.1) is 5.02 Å². The number of hydrogen-bond donors (Lipinski definition) is 2. The zero-order valence-electron chi connectivity index (χ0n) is 12.6. The van der Waals surface area contributed by atoms with Gasteiger partial charge in [0, 0.05) is 15.6 Å². The summed E-state index contributed by atoms with van der Waals surface area (Å²) >= 11 is 9.38. The van der Waals surface area contributed by atoms with Gasteiger partial charge in [-0.3, -0.25) is 4.79 Å². The second-order valence-corrected chi connectivity index (χ2v) is 6.37. The largest absolute Gasteiger partial charge is 0.488 e. The molecule has 3 rings (SSSR count). The number of primary amides is 1. The van der Waals surface area contributed by atoms with Crippen molar-refractivity contribution in [3.05, 3.63) is 63.0 Å². The molecule has 128 valence electrons. The monoisotopic (exact) mass is 424 g/mol. The molecule has 0 aliphatic rings. The SMILES string of the molecule is NC(=O)c1n[nH]nc1-c1cc(Br)ccc1OCc1ccc(F)cc1Cl. The lowest BCUT2D eigenvalue weighted by Gasteiger charge is -2.12. The Morgan fingerprint density at radius 1 is 1.28 bits per heavy atom. The molecular formula is C16H11BrClFN4O2. The first-order valence-electron chi connectivity index (χ1n) is 7.03. The molecule has 0 unspecified atom stereocenters. The molecule has 0 radical (unpaired) electrons. The van der Waals surface area contributed by atoms with Crippen molar-refractivity contribution in [2.45, 2.75) is 6.61 Å². The number of carbonyl (C=O) groups excluding carboxylic acids is 1. The number of nitrogens with zero attached hydrogens (tertiary/aromatic N) is 2. The summed E-state index contributed by atoms with van der Waals surface area (Å²) in [6.45, 7) is 0.109. The first-order valence-corrected chi connectivity index (χ1v) is 8.20. The van der Waals surface area contributed by atoms with E-state index in [1.807, 2.05) is 0 Å². The van der Waals surface area contributed by atoms with E-state index in [1.54, 1.807) is 24.3 Å². The third kappa shape index (κ3) is 3.80. The van der Waals surface area contributed by atoms with Gasteiger partial charge in [0.25, 0.3) is 5.91 Å². The number of aromatic nitrogens is 3. The van der Waals surface area contributed by atoms with Crippen LogP contribution in [-0.4, -0.2) is 21.3 Å². The van der Waals surface area contributed by atoms with Crippen LogP contribution in [0.2, 0.25) is 5.02 Å². The van der Waals surface area contributed by atoms with Crippen molar-refractivity contribution >= 4 is 33.4 Å². The molecule has 0 bridgehead atoms. The van der Waals surface area contributed by atoms with Crippen molar-refractivity contribution in [2.24, 2.45) is 5.73 Å². The minimum absolute atomic E-state index is 0.00256. The van der Waals surface area contributed by atoms with E-state index < -0.39 is 11.7 Å². The summed E-state index contributed by atoms with van der Waals surface area (Å²) in [5.74, 6) is -0.692. The lowest BCUT2D eigenvalue weighted by Crippen LogP contribution is -2.13. The standard InChI is InChI=1S/C16H11BrClFN4O2/c17-9-2-4-13(25-7-8-1-3-10(19)6-12(8)18)11(5-9)14-15(16(20)24)22-23-21-14/h1-6H,7H2,(H2,20,24)(H,21,22,23). The number of aromatic amines is 1. The van der Waals surface area contributed by atoms with Crippen LogP contribution in [0.5, 0.6) is 5.75 Å². The molecule has 0 aliphatic heterocycles. The van der Waals surface area contributed by atoms with Crippen molar-refractivity contribution < 1.29 is 13.9 Å². The number of halogens is 3. The fourth-order valence-electron chi connectivity index (χ4n) is 2.20. The van der Waals surface area contributed by atoms with Gasteiger partial charge in [-0.1, -0.05) is 33.6 Å². The summed E-state index contributed by atoms with van der Waals surface area (Å²) in [7, 11) is 0. The maximum Gasteiger partial charge on any atom is 0.271 e. The number of nitrogens with one attached hydrogen (secondary N) is 1. The van der Waals surface area contributed by atoms with Crippen LogP contribution < -0.4 is 10.5 Å². The normalized spacial score (nSPS) is 10.7. The Morgan fingerprint density at radius 2 is 2.08 bits per heavy atom. The van der Waals surface area contributed by atoms with Crippen LogP contribution in [-0.2, 0) is 6.61 Å². The molecule has 3 aromatic rings. The predicted octanol–water partition coefficient (Wildman–Crippen LogP) is 3.70. The van der Waals surface area contributed by atoms with Crippen molar-refractivity contribution in [3.8, 4) is 17.0 Å². The first kappa shape index (κ1) is 17.4. The molecule has 6 nitrogen and oxygen atoms in total. The highest BCUT2D eigenvalue weighted by Gasteiger charge is 2.19. The van der Waals surface area contributed by atoms with E-state index in [9.17, 15) is 9.18 Å². The minimum Gasteiger partial charge on any atom is -0.488 e. The Bertz CT molecular complexity index is 948. The number of nitrogens with two attached hydrogens (primary N) is 1. The summed E-state index contributed by atoms with van der Waals surface area (Å²) in [5.41, 5.74) is 6.73. The van der Waals surface area contributed by atoms with E-state index >= 15 is 0 Å².